The number of amides is 1. The SMILES string of the molecule is CCC(=O)Nc1ccc(C)c(NC(C)c2ccccc2)c1. The fourth-order valence-corrected chi connectivity index (χ4v) is 2.16. The van der Waals surface area contributed by atoms with Gasteiger partial charge in [-0.3, -0.25) is 4.79 Å². The van der Waals surface area contributed by atoms with Gasteiger partial charge in [0.2, 0.25) is 5.91 Å². The number of benzene rings is 2. The van der Waals surface area contributed by atoms with E-state index < -0.39 is 0 Å². The summed E-state index contributed by atoms with van der Waals surface area (Å²) in [5, 5.41) is 6.40. The summed E-state index contributed by atoms with van der Waals surface area (Å²) in [4.78, 5) is 11.5. The van der Waals surface area contributed by atoms with Gasteiger partial charge < -0.3 is 10.6 Å². The van der Waals surface area contributed by atoms with Gasteiger partial charge in [-0.05, 0) is 37.1 Å². The maximum Gasteiger partial charge on any atom is 0.224 e. The van der Waals surface area contributed by atoms with E-state index >= 15 is 0 Å². The highest BCUT2D eigenvalue weighted by molar-refractivity contribution is 5.91. The average molecular weight is 282 g/mol. The molecule has 1 atom stereocenters. The van der Waals surface area contributed by atoms with E-state index in [9.17, 15) is 4.79 Å². The molecule has 3 heteroatoms. The highest BCUT2D eigenvalue weighted by atomic mass is 16.1. The van der Waals surface area contributed by atoms with Crippen LogP contribution in [-0.2, 0) is 4.79 Å². The summed E-state index contributed by atoms with van der Waals surface area (Å²) >= 11 is 0. The number of nitrogens with one attached hydrogen (secondary N) is 2. The molecule has 0 spiro atoms. The summed E-state index contributed by atoms with van der Waals surface area (Å²) in [5.41, 5.74) is 4.27. The summed E-state index contributed by atoms with van der Waals surface area (Å²) in [5.74, 6) is 0.0286. The van der Waals surface area contributed by atoms with Crippen LogP contribution in [0.1, 0.15) is 37.4 Å². The zero-order chi connectivity index (χ0) is 15.2. The standard InChI is InChI=1S/C18H22N2O/c1-4-18(21)20-16-11-10-13(2)17(12-16)19-14(3)15-8-6-5-7-9-15/h5-12,14,19H,4H2,1-3H3,(H,20,21). The molecule has 1 unspecified atom stereocenters. The third-order valence-electron chi connectivity index (χ3n) is 3.51. The second kappa shape index (κ2) is 6.93. The van der Waals surface area contributed by atoms with Gasteiger partial charge in [-0.25, -0.2) is 0 Å². The summed E-state index contributed by atoms with van der Waals surface area (Å²) in [6, 6.07) is 16.5. The molecule has 0 aliphatic carbocycles. The highest BCUT2D eigenvalue weighted by Crippen LogP contribution is 2.25. The molecule has 1 amide bonds. The molecule has 2 rings (SSSR count). The molecule has 0 aromatic heterocycles. The molecule has 0 saturated carbocycles. The van der Waals surface area contributed by atoms with E-state index in [1.54, 1.807) is 0 Å². The van der Waals surface area contributed by atoms with Crippen LogP contribution < -0.4 is 10.6 Å². The Morgan fingerprint density at radius 2 is 1.86 bits per heavy atom. The summed E-state index contributed by atoms with van der Waals surface area (Å²) < 4.78 is 0. The first-order valence-electron chi connectivity index (χ1n) is 7.32. The number of rotatable bonds is 5. The molecule has 0 fully saturated rings. The smallest absolute Gasteiger partial charge is 0.224 e. The number of anilines is 2. The van der Waals surface area contributed by atoms with Crippen LogP contribution in [0.3, 0.4) is 0 Å². The highest BCUT2D eigenvalue weighted by Gasteiger charge is 2.08. The topological polar surface area (TPSA) is 41.1 Å². The van der Waals surface area contributed by atoms with Gasteiger partial charge in [0.1, 0.15) is 0 Å². The van der Waals surface area contributed by atoms with Crippen molar-refractivity contribution in [2.75, 3.05) is 10.6 Å². The van der Waals surface area contributed by atoms with Crippen molar-refractivity contribution in [2.45, 2.75) is 33.2 Å². The van der Waals surface area contributed by atoms with Crippen molar-refractivity contribution in [2.24, 2.45) is 0 Å². The van der Waals surface area contributed by atoms with Gasteiger partial charge in [0.25, 0.3) is 0 Å². The number of carbonyl (C=O) groups excluding carboxylic acids is 1. The zero-order valence-corrected chi connectivity index (χ0v) is 12.8. The Labute approximate surface area is 126 Å². The van der Waals surface area contributed by atoms with Gasteiger partial charge >= 0.3 is 0 Å². The quantitative estimate of drug-likeness (QED) is 0.846. The van der Waals surface area contributed by atoms with E-state index in [4.69, 9.17) is 0 Å². The molecule has 0 radical (unpaired) electrons. The Balaban J connectivity index is 2.15. The fourth-order valence-electron chi connectivity index (χ4n) is 2.16. The number of aryl methyl sites for hydroxylation is 1. The second-order valence-corrected chi connectivity index (χ2v) is 5.21. The maximum absolute atomic E-state index is 11.5. The van der Waals surface area contributed by atoms with Gasteiger partial charge in [0.15, 0.2) is 0 Å². The first-order valence-corrected chi connectivity index (χ1v) is 7.32. The lowest BCUT2D eigenvalue weighted by atomic mass is 10.1. The molecule has 3 nitrogen and oxygen atoms in total. The van der Waals surface area contributed by atoms with Crippen molar-refractivity contribution in [3.05, 3.63) is 59.7 Å². The minimum absolute atomic E-state index is 0.0286. The van der Waals surface area contributed by atoms with Crippen molar-refractivity contribution in [3.63, 3.8) is 0 Å². The normalized spacial score (nSPS) is 11.8. The summed E-state index contributed by atoms with van der Waals surface area (Å²) in [6.07, 6.45) is 0.483. The Hall–Kier alpha value is -2.29. The van der Waals surface area contributed by atoms with Crippen molar-refractivity contribution in [1.82, 2.24) is 0 Å². The Bertz CT molecular complexity index is 608. The molecule has 110 valence electrons. The predicted octanol–water partition coefficient (Wildman–Crippen LogP) is 4.52. The van der Waals surface area contributed by atoms with E-state index in [1.165, 1.54) is 5.56 Å². The van der Waals surface area contributed by atoms with Gasteiger partial charge in [-0.2, -0.15) is 0 Å². The second-order valence-electron chi connectivity index (χ2n) is 5.21. The lowest BCUT2D eigenvalue weighted by Gasteiger charge is -2.18. The number of hydrogen-bond donors (Lipinski definition) is 2. The van der Waals surface area contributed by atoms with Crippen LogP contribution in [0.5, 0.6) is 0 Å². The molecule has 0 aliphatic rings. The first-order chi connectivity index (χ1) is 10.1. The van der Waals surface area contributed by atoms with Crippen LogP contribution in [0, 0.1) is 6.92 Å². The van der Waals surface area contributed by atoms with Crippen molar-refractivity contribution in [1.29, 1.82) is 0 Å². The molecule has 21 heavy (non-hydrogen) atoms. The molecule has 2 aromatic rings. The van der Waals surface area contributed by atoms with E-state index in [-0.39, 0.29) is 11.9 Å². The lowest BCUT2D eigenvalue weighted by molar-refractivity contribution is -0.115. The van der Waals surface area contributed by atoms with Crippen LogP contribution in [0.2, 0.25) is 0 Å². The number of carbonyl (C=O) groups is 1. The molecule has 0 heterocycles. The van der Waals surface area contributed by atoms with E-state index in [1.807, 2.05) is 43.3 Å². The Morgan fingerprint density at radius 3 is 2.52 bits per heavy atom. The third-order valence-corrected chi connectivity index (χ3v) is 3.51. The predicted molar refractivity (Wildman–Crippen MR) is 88.6 cm³/mol. The van der Waals surface area contributed by atoms with Crippen LogP contribution >= 0.6 is 0 Å². The molecule has 0 aliphatic heterocycles. The fraction of sp³-hybridized carbons (Fsp3) is 0.278. The van der Waals surface area contributed by atoms with Crippen LogP contribution in [0.4, 0.5) is 11.4 Å². The monoisotopic (exact) mass is 282 g/mol. The zero-order valence-electron chi connectivity index (χ0n) is 12.8. The third kappa shape index (κ3) is 4.09. The van der Waals surface area contributed by atoms with Crippen LogP contribution in [0.15, 0.2) is 48.5 Å². The van der Waals surface area contributed by atoms with Crippen LogP contribution in [0.25, 0.3) is 0 Å². The van der Waals surface area contributed by atoms with E-state index in [0.717, 1.165) is 16.9 Å². The van der Waals surface area contributed by atoms with E-state index in [0.29, 0.717) is 6.42 Å². The van der Waals surface area contributed by atoms with Crippen LogP contribution in [-0.4, -0.2) is 5.91 Å². The van der Waals surface area contributed by atoms with Gasteiger partial charge in [0, 0.05) is 23.8 Å². The van der Waals surface area contributed by atoms with Gasteiger partial charge in [-0.1, -0.05) is 43.3 Å². The average Bonchev–Trinajstić information content (AvgIpc) is 2.51. The lowest BCUT2D eigenvalue weighted by Crippen LogP contribution is -2.11. The maximum atomic E-state index is 11.5. The molecule has 0 bridgehead atoms. The Kier molecular flexibility index (Phi) is 4.99. The Morgan fingerprint density at radius 1 is 1.14 bits per heavy atom. The molecule has 2 N–H and O–H groups in total. The van der Waals surface area contributed by atoms with Crippen molar-refractivity contribution < 1.29 is 4.79 Å². The summed E-state index contributed by atoms with van der Waals surface area (Å²) in [7, 11) is 0. The largest absolute Gasteiger partial charge is 0.378 e. The number of hydrogen-bond acceptors (Lipinski definition) is 2. The summed E-state index contributed by atoms with van der Waals surface area (Å²) in [6.45, 7) is 6.04. The first kappa shape index (κ1) is 15.1. The van der Waals surface area contributed by atoms with Gasteiger partial charge in [0.05, 0.1) is 0 Å². The molecular formula is C18H22N2O. The van der Waals surface area contributed by atoms with Crippen molar-refractivity contribution >= 4 is 17.3 Å². The minimum atomic E-state index is 0.0286. The van der Waals surface area contributed by atoms with E-state index in [2.05, 4.69) is 36.6 Å². The minimum Gasteiger partial charge on any atom is -0.378 e. The molecule has 2 aromatic carbocycles. The molecular weight excluding hydrogens is 260 g/mol. The molecule has 0 saturated heterocycles. The van der Waals surface area contributed by atoms with Gasteiger partial charge in [-0.15, -0.1) is 0 Å². The van der Waals surface area contributed by atoms with Crippen molar-refractivity contribution in [3.8, 4) is 0 Å².